The van der Waals surface area contributed by atoms with E-state index in [1.165, 1.54) is 5.69 Å². The van der Waals surface area contributed by atoms with Crippen LogP contribution < -0.4 is 4.90 Å². The summed E-state index contributed by atoms with van der Waals surface area (Å²) in [5.41, 5.74) is 1.18. The average Bonchev–Trinajstić information content (AvgIpc) is 2.61. The molecule has 2 aliphatic heterocycles. The van der Waals surface area contributed by atoms with Gasteiger partial charge in [0.05, 0.1) is 0 Å². The number of carbonyl (C=O) groups is 1. The molecule has 0 aliphatic carbocycles. The predicted octanol–water partition coefficient (Wildman–Crippen LogP) is 1.45. The van der Waals surface area contributed by atoms with Gasteiger partial charge in [0.2, 0.25) is 5.91 Å². The average molecular weight is 338 g/mol. The maximum Gasteiger partial charge on any atom is 0.248 e. The Balaban J connectivity index is 1.55. The molecule has 1 N–H and O–H groups in total. The molecule has 0 radical (unpaired) electrons. The van der Waals surface area contributed by atoms with E-state index in [0.29, 0.717) is 6.04 Å². The number of likely N-dealkylation sites (tertiary alicyclic amines) is 1. The predicted molar refractivity (Wildman–Crippen MR) is 91.9 cm³/mol. The lowest BCUT2D eigenvalue weighted by molar-refractivity contribution is -0.136. The van der Waals surface area contributed by atoms with Crippen LogP contribution in [0.1, 0.15) is 12.8 Å². The number of anilines is 1. The number of hydrogen-bond donors (Lipinski definition) is 1. The second-order valence-electron chi connectivity index (χ2n) is 6.30. The molecule has 2 fully saturated rings. The lowest BCUT2D eigenvalue weighted by atomic mass is 10.0. The van der Waals surface area contributed by atoms with Crippen molar-refractivity contribution >= 4 is 23.2 Å². The van der Waals surface area contributed by atoms with Gasteiger partial charge in [-0.2, -0.15) is 0 Å². The molecule has 2 saturated heterocycles. The fourth-order valence-corrected chi connectivity index (χ4v) is 3.78. The summed E-state index contributed by atoms with van der Waals surface area (Å²) in [6.07, 6.45) is 2.15. The van der Waals surface area contributed by atoms with Gasteiger partial charge in [-0.25, -0.2) is 0 Å². The Bertz CT molecular complexity index is 546. The third-order valence-electron chi connectivity index (χ3n) is 4.89. The second-order valence-corrected chi connectivity index (χ2v) is 6.73. The first-order valence-electron chi connectivity index (χ1n) is 8.30. The van der Waals surface area contributed by atoms with Crippen LogP contribution in [0.2, 0.25) is 5.02 Å². The normalized spacial score (nSPS) is 23.1. The Morgan fingerprint density at radius 3 is 2.70 bits per heavy atom. The fraction of sp³-hybridized carbons (Fsp3) is 0.588. The van der Waals surface area contributed by atoms with Crippen molar-refractivity contribution in [3.05, 3.63) is 29.3 Å². The molecular formula is C17H24ClN3O2. The van der Waals surface area contributed by atoms with Crippen molar-refractivity contribution < 1.29 is 9.90 Å². The monoisotopic (exact) mass is 337 g/mol. The number of piperidine rings is 1. The van der Waals surface area contributed by atoms with Gasteiger partial charge in [-0.3, -0.25) is 9.69 Å². The number of piperazine rings is 1. The highest BCUT2D eigenvalue weighted by molar-refractivity contribution is 6.30. The van der Waals surface area contributed by atoms with Crippen LogP contribution in [0.5, 0.6) is 0 Å². The highest BCUT2D eigenvalue weighted by atomic mass is 35.5. The zero-order chi connectivity index (χ0) is 16.2. The lowest BCUT2D eigenvalue weighted by Gasteiger charge is -2.43. The minimum Gasteiger partial charge on any atom is -0.387 e. The van der Waals surface area contributed by atoms with Crippen molar-refractivity contribution in [2.75, 3.05) is 50.8 Å². The first kappa shape index (κ1) is 16.6. The fourth-order valence-electron chi connectivity index (χ4n) is 3.60. The van der Waals surface area contributed by atoms with E-state index in [9.17, 15) is 4.79 Å². The van der Waals surface area contributed by atoms with Crippen molar-refractivity contribution in [2.45, 2.75) is 18.9 Å². The second kappa shape index (κ2) is 7.51. The van der Waals surface area contributed by atoms with Crippen molar-refractivity contribution in [3.8, 4) is 0 Å². The van der Waals surface area contributed by atoms with Gasteiger partial charge < -0.3 is 14.9 Å². The molecule has 6 heteroatoms. The Hall–Kier alpha value is -1.30. The minimum absolute atomic E-state index is 0.146. The molecule has 0 unspecified atom stereocenters. The highest BCUT2D eigenvalue weighted by Crippen LogP contribution is 2.23. The number of nitrogens with zero attached hydrogens (tertiary/aromatic N) is 3. The van der Waals surface area contributed by atoms with Crippen LogP contribution in [-0.4, -0.2) is 72.7 Å². The number of halogens is 1. The number of aliphatic hydroxyl groups is 1. The first-order valence-corrected chi connectivity index (χ1v) is 8.68. The summed E-state index contributed by atoms with van der Waals surface area (Å²) < 4.78 is 0. The Labute approximate surface area is 142 Å². The summed E-state index contributed by atoms with van der Waals surface area (Å²) in [5.74, 6) is -0.146. The molecule has 2 aliphatic rings. The first-order chi connectivity index (χ1) is 11.2. The van der Waals surface area contributed by atoms with Crippen molar-refractivity contribution in [3.63, 3.8) is 0 Å². The van der Waals surface area contributed by atoms with Crippen LogP contribution in [0.4, 0.5) is 5.69 Å². The van der Waals surface area contributed by atoms with Gasteiger partial charge in [0.15, 0.2) is 0 Å². The molecule has 1 amide bonds. The molecule has 23 heavy (non-hydrogen) atoms. The molecule has 0 spiro atoms. The molecule has 126 valence electrons. The number of amides is 1. The third-order valence-corrected chi connectivity index (χ3v) is 5.12. The zero-order valence-corrected chi connectivity index (χ0v) is 14.1. The molecule has 5 nitrogen and oxygen atoms in total. The SMILES string of the molecule is O=C(CO)N1CCC[C@H](N2CCN(c3cccc(Cl)c3)CC2)C1. The van der Waals surface area contributed by atoms with Crippen LogP contribution in [0.3, 0.4) is 0 Å². The van der Waals surface area contributed by atoms with Crippen LogP contribution in [-0.2, 0) is 4.79 Å². The molecule has 2 heterocycles. The molecule has 1 aromatic carbocycles. The summed E-state index contributed by atoms with van der Waals surface area (Å²) in [6.45, 7) is 5.09. The lowest BCUT2D eigenvalue weighted by Crippen LogP contribution is -2.56. The maximum absolute atomic E-state index is 11.7. The van der Waals surface area contributed by atoms with Gasteiger partial charge in [-0.05, 0) is 31.0 Å². The van der Waals surface area contributed by atoms with E-state index < -0.39 is 0 Å². The van der Waals surface area contributed by atoms with Crippen molar-refractivity contribution in [1.29, 1.82) is 0 Å². The molecule has 0 bridgehead atoms. The van der Waals surface area contributed by atoms with Gasteiger partial charge in [0, 0.05) is 56.0 Å². The third kappa shape index (κ3) is 3.97. The summed E-state index contributed by atoms with van der Waals surface area (Å²) in [5, 5.41) is 9.82. The van der Waals surface area contributed by atoms with Crippen molar-refractivity contribution in [2.24, 2.45) is 0 Å². The van der Waals surface area contributed by atoms with E-state index >= 15 is 0 Å². The quantitative estimate of drug-likeness (QED) is 0.907. The maximum atomic E-state index is 11.7. The number of carbonyl (C=O) groups excluding carboxylic acids is 1. The van der Waals surface area contributed by atoms with Gasteiger partial charge in [0.25, 0.3) is 0 Å². The van der Waals surface area contributed by atoms with E-state index in [-0.39, 0.29) is 12.5 Å². The van der Waals surface area contributed by atoms with E-state index in [1.807, 2.05) is 18.2 Å². The summed E-state index contributed by atoms with van der Waals surface area (Å²) >= 11 is 6.08. The summed E-state index contributed by atoms with van der Waals surface area (Å²) in [4.78, 5) is 18.4. The van der Waals surface area contributed by atoms with E-state index in [2.05, 4.69) is 15.9 Å². The number of aliphatic hydroxyl groups excluding tert-OH is 1. The molecule has 1 atom stereocenters. The van der Waals surface area contributed by atoms with E-state index in [0.717, 1.165) is 57.1 Å². The summed E-state index contributed by atoms with van der Waals surface area (Å²) in [7, 11) is 0. The van der Waals surface area contributed by atoms with Crippen LogP contribution in [0, 0.1) is 0 Å². The number of rotatable bonds is 3. The topological polar surface area (TPSA) is 47.0 Å². The number of benzene rings is 1. The molecule has 0 aromatic heterocycles. The van der Waals surface area contributed by atoms with Crippen LogP contribution >= 0.6 is 11.6 Å². The minimum atomic E-state index is -0.380. The standard InChI is InChI=1S/C17H24ClN3O2/c18-14-3-1-4-15(11-14)19-7-9-20(10-8-19)16-5-2-6-21(12-16)17(23)13-22/h1,3-4,11,16,22H,2,5-10,12-13H2/t16-/m0/s1. The highest BCUT2D eigenvalue weighted by Gasteiger charge is 2.29. The Morgan fingerprint density at radius 1 is 1.22 bits per heavy atom. The molecule has 3 rings (SSSR count). The van der Waals surface area contributed by atoms with Gasteiger partial charge in [0.1, 0.15) is 6.61 Å². The molecule has 1 aromatic rings. The zero-order valence-electron chi connectivity index (χ0n) is 13.3. The van der Waals surface area contributed by atoms with Crippen LogP contribution in [0.15, 0.2) is 24.3 Å². The molecule has 0 saturated carbocycles. The van der Waals surface area contributed by atoms with E-state index in [4.69, 9.17) is 16.7 Å². The van der Waals surface area contributed by atoms with Crippen molar-refractivity contribution in [1.82, 2.24) is 9.80 Å². The smallest absolute Gasteiger partial charge is 0.248 e. The van der Waals surface area contributed by atoms with Crippen LogP contribution in [0.25, 0.3) is 0 Å². The molecular weight excluding hydrogens is 314 g/mol. The van der Waals surface area contributed by atoms with E-state index in [1.54, 1.807) is 4.90 Å². The Kier molecular flexibility index (Phi) is 5.41. The Morgan fingerprint density at radius 2 is 2.00 bits per heavy atom. The van der Waals surface area contributed by atoms with Gasteiger partial charge in [-0.15, -0.1) is 0 Å². The van der Waals surface area contributed by atoms with Gasteiger partial charge in [-0.1, -0.05) is 17.7 Å². The number of hydrogen-bond acceptors (Lipinski definition) is 4. The summed E-state index contributed by atoms with van der Waals surface area (Å²) in [6, 6.07) is 8.42. The largest absolute Gasteiger partial charge is 0.387 e. The van der Waals surface area contributed by atoms with Gasteiger partial charge >= 0.3 is 0 Å².